The number of aryl methyl sites for hydroxylation is 1. The SMILES string of the molecule is Cc1nnnn1/C(=C/c1ccccc1)C(=O)OCC(=O)NN1C(=O)NC(C)(c2ccccc2)C1=O. The highest BCUT2D eigenvalue weighted by Gasteiger charge is 2.50. The summed E-state index contributed by atoms with van der Waals surface area (Å²) in [6.45, 7) is 2.37. The molecule has 4 rings (SSSR count). The Morgan fingerprint density at radius 3 is 2.37 bits per heavy atom. The van der Waals surface area contributed by atoms with E-state index in [1.807, 2.05) is 6.07 Å². The van der Waals surface area contributed by atoms with Crippen molar-refractivity contribution in [2.75, 3.05) is 6.61 Å². The standard InChI is InChI=1S/C23H21N7O5/c1-15-25-27-28-29(15)18(13-16-9-5-3-6-10-16)20(32)35-14-19(31)26-30-21(33)23(2,24-22(30)34)17-11-7-4-8-12-17/h3-13H,14H2,1-2H3,(H,24,34)(H,26,31)/b18-13+. The predicted molar refractivity (Wildman–Crippen MR) is 121 cm³/mol. The molecule has 1 aliphatic heterocycles. The Balaban J connectivity index is 1.44. The summed E-state index contributed by atoms with van der Waals surface area (Å²) in [5.41, 5.74) is 2.03. The molecule has 2 aromatic carbocycles. The number of benzene rings is 2. The largest absolute Gasteiger partial charge is 0.451 e. The summed E-state index contributed by atoms with van der Waals surface area (Å²) in [6, 6.07) is 16.7. The maximum absolute atomic E-state index is 12.9. The summed E-state index contributed by atoms with van der Waals surface area (Å²) in [6.07, 6.45) is 1.51. The Bertz CT molecular complexity index is 1310. The van der Waals surface area contributed by atoms with Gasteiger partial charge in [0.2, 0.25) is 0 Å². The van der Waals surface area contributed by atoms with Gasteiger partial charge in [-0.25, -0.2) is 9.59 Å². The van der Waals surface area contributed by atoms with Crippen molar-refractivity contribution < 1.29 is 23.9 Å². The first-order valence-electron chi connectivity index (χ1n) is 10.5. The van der Waals surface area contributed by atoms with Gasteiger partial charge in [-0.05, 0) is 41.5 Å². The molecule has 1 unspecified atom stereocenters. The van der Waals surface area contributed by atoms with Crippen LogP contribution in [0, 0.1) is 6.92 Å². The van der Waals surface area contributed by atoms with Crippen LogP contribution in [0.2, 0.25) is 0 Å². The average Bonchev–Trinajstić information content (AvgIpc) is 3.38. The van der Waals surface area contributed by atoms with E-state index in [1.54, 1.807) is 61.5 Å². The van der Waals surface area contributed by atoms with Crippen LogP contribution in [0.4, 0.5) is 4.79 Å². The molecule has 1 saturated heterocycles. The first-order valence-corrected chi connectivity index (χ1v) is 10.5. The number of aromatic nitrogens is 4. The van der Waals surface area contributed by atoms with Gasteiger partial charge in [0.1, 0.15) is 5.54 Å². The molecule has 0 bridgehead atoms. The second-order valence-corrected chi connectivity index (χ2v) is 7.75. The molecule has 2 N–H and O–H groups in total. The van der Waals surface area contributed by atoms with Crippen LogP contribution in [0.5, 0.6) is 0 Å². The third-order valence-electron chi connectivity index (χ3n) is 5.28. The Hall–Kier alpha value is -4.87. The fourth-order valence-corrected chi connectivity index (χ4v) is 3.44. The number of urea groups is 1. The van der Waals surface area contributed by atoms with Crippen LogP contribution in [-0.4, -0.2) is 55.6 Å². The van der Waals surface area contributed by atoms with E-state index in [-0.39, 0.29) is 5.70 Å². The second-order valence-electron chi connectivity index (χ2n) is 7.75. The first kappa shape index (κ1) is 23.3. The number of amides is 4. The Morgan fingerprint density at radius 1 is 1.09 bits per heavy atom. The molecular formula is C23H21N7O5. The van der Waals surface area contributed by atoms with Crippen molar-refractivity contribution in [3.05, 3.63) is 77.6 Å². The van der Waals surface area contributed by atoms with Crippen LogP contribution < -0.4 is 10.7 Å². The topological polar surface area (TPSA) is 148 Å². The van der Waals surface area contributed by atoms with Crippen LogP contribution in [-0.2, 0) is 24.7 Å². The lowest BCUT2D eigenvalue weighted by Gasteiger charge is -2.22. The summed E-state index contributed by atoms with van der Waals surface area (Å²) in [5, 5.41) is 14.2. The quantitative estimate of drug-likeness (QED) is 0.292. The minimum atomic E-state index is -1.36. The van der Waals surface area contributed by atoms with Crippen molar-refractivity contribution in [1.82, 2.24) is 36.0 Å². The smallest absolute Gasteiger partial charge is 0.357 e. The number of ether oxygens (including phenoxy) is 1. The highest BCUT2D eigenvalue weighted by atomic mass is 16.5. The lowest BCUT2D eigenvalue weighted by Crippen LogP contribution is -2.49. The zero-order chi connectivity index (χ0) is 25.0. The number of carbonyl (C=O) groups is 4. The van der Waals surface area contributed by atoms with Crippen LogP contribution in [0.15, 0.2) is 60.7 Å². The molecule has 1 aliphatic rings. The molecule has 12 nitrogen and oxygen atoms in total. The molecule has 0 spiro atoms. The number of esters is 1. The molecular weight excluding hydrogens is 454 g/mol. The minimum absolute atomic E-state index is 0.0295. The number of hydrogen-bond donors (Lipinski definition) is 2. The Labute approximate surface area is 199 Å². The number of hydrazine groups is 1. The number of carbonyl (C=O) groups excluding carboxylic acids is 4. The molecule has 3 aromatic rings. The molecule has 12 heteroatoms. The molecule has 1 atom stereocenters. The summed E-state index contributed by atoms with van der Waals surface area (Å²) in [5.74, 6) is -2.12. The molecule has 0 saturated carbocycles. The van der Waals surface area contributed by atoms with Gasteiger partial charge in [0, 0.05) is 0 Å². The van der Waals surface area contributed by atoms with Crippen LogP contribution in [0.25, 0.3) is 11.8 Å². The first-order chi connectivity index (χ1) is 16.8. The van der Waals surface area contributed by atoms with Crippen molar-refractivity contribution in [3.8, 4) is 0 Å². The lowest BCUT2D eigenvalue weighted by atomic mass is 9.92. The minimum Gasteiger partial charge on any atom is -0.451 e. The zero-order valence-corrected chi connectivity index (χ0v) is 18.8. The van der Waals surface area contributed by atoms with Gasteiger partial charge in [-0.3, -0.25) is 15.0 Å². The van der Waals surface area contributed by atoms with Gasteiger partial charge < -0.3 is 10.1 Å². The van der Waals surface area contributed by atoms with E-state index in [9.17, 15) is 19.2 Å². The van der Waals surface area contributed by atoms with Crippen molar-refractivity contribution in [1.29, 1.82) is 0 Å². The van der Waals surface area contributed by atoms with E-state index in [1.165, 1.54) is 17.7 Å². The van der Waals surface area contributed by atoms with E-state index >= 15 is 0 Å². The fourth-order valence-electron chi connectivity index (χ4n) is 3.44. The van der Waals surface area contributed by atoms with E-state index in [4.69, 9.17) is 4.74 Å². The van der Waals surface area contributed by atoms with E-state index in [0.717, 1.165) is 0 Å². The summed E-state index contributed by atoms with van der Waals surface area (Å²) < 4.78 is 6.31. The molecule has 35 heavy (non-hydrogen) atoms. The van der Waals surface area contributed by atoms with Crippen molar-refractivity contribution >= 4 is 35.6 Å². The number of nitrogens with zero attached hydrogens (tertiary/aromatic N) is 5. The van der Waals surface area contributed by atoms with Crippen molar-refractivity contribution in [2.24, 2.45) is 0 Å². The van der Waals surface area contributed by atoms with Crippen LogP contribution >= 0.6 is 0 Å². The normalized spacial score (nSPS) is 17.8. The number of nitrogens with one attached hydrogen (secondary N) is 2. The van der Waals surface area contributed by atoms with Gasteiger partial charge in [-0.2, -0.15) is 9.69 Å². The van der Waals surface area contributed by atoms with Gasteiger partial charge in [0.25, 0.3) is 11.8 Å². The number of rotatable bonds is 7. The molecule has 2 heterocycles. The lowest BCUT2D eigenvalue weighted by molar-refractivity contribution is -0.146. The molecule has 1 fully saturated rings. The van der Waals surface area contributed by atoms with Gasteiger partial charge in [0.05, 0.1) is 0 Å². The third-order valence-corrected chi connectivity index (χ3v) is 5.28. The number of imide groups is 1. The van der Waals surface area contributed by atoms with Crippen LogP contribution in [0.1, 0.15) is 23.9 Å². The summed E-state index contributed by atoms with van der Waals surface area (Å²) in [7, 11) is 0. The van der Waals surface area contributed by atoms with E-state index in [0.29, 0.717) is 22.0 Å². The van der Waals surface area contributed by atoms with Crippen LogP contribution in [0.3, 0.4) is 0 Å². The molecule has 4 amide bonds. The summed E-state index contributed by atoms with van der Waals surface area (Å²) >= 11 is 0. The Kier molecular flexibility index (Phi) is 6.36. The van der Waals surface area contributed by atoms with E-state index in [2.05, 4.69) is 26.3 Å². The van der Waals surface area contributed by atoms with Gasteiger partial charge in [-0.1, -0.05) is 60.7 Å². The molecule has 178 valence electrons. The van der Waals surface area contributed by atoms with Crippen molar-refractivity contribution in [2.45, 2.75) is 19.4 Å². The molecule has 0 aliphatic carbocycles. The predicted octanol–water partition coefficient (Wildman–Crippen LogP) is 1.02. The van der Waals surface area contributed by atoms with E-state index < -0.39 is 36.0 Å². The van der Waals surface area contributed by atoms with Gasteiger partial charge >= 0.3 is 12.0 Å². The number of tetrazole rings is 1. The van der Waals surface area contributed by atoms with Gasteiger partial charge in [0.15, 0.2) is 18.1 Å². The monoisotopic (exact) mass is 475 g/mol. The highest BCUT2D eigenvalue weighted by molar-refractivity contribution is 6.15. The molecule has 0 radical (unpaired) electrons. The maximum atomic E-state index is 12.9. The molecule has 1 aromatic heterocycles. The van der Waals surface area contributed by atoms with Crippen molar-refractivity contribution in [3.63, 3.8) is 0 Å². The van der Waals surface area contributed by atoms with Gasteiger partial charge in [-0.15, -0.1) is 5.10 Å². The second kappa shape index (κ2) is 9.55. The zero-order valence-electron chi connectivity index (χ0n) is 18.8. The number of hydrogen-bond acceptors (Lipinski definition) is 8. The third kappa shape index (κ3) is 4.76. The summed E-state index contributed by atoms with van der Waals surface area (Å²) in [4.78, 5) is 50.5. The average molecular weight is 475 g/mol. The Morgan fingerprint density at radius 2 is 1.74 bits per heavy atom. The maximum Gasteiger partial charge on any atom is 0.357 e. The highest BCUT2D eigenvalue weighted by Crippen LogP contribution is 2.27. The fraction of sp³-hybridized carbons (Fsp3) is 0.174.